The van der Waals surface area contributed by atoms with Gasteiger partial charge in [0.1, 0.15) is 23.0 Å². The second-order valence-corrected chi connectivity index (χ2v) is 4.00. The van der Waals surface area contributed by atoms with Crippen LogP contribution in [0.4, 0.5) is 5.69 Å². The zero-order valence-electron chi connectivity index (χ0n) is 11.6. The van der Waals surface area contributed by atoms with Crippen LogP contribution in [0.25, 0.3) is 5.57 Å². The lowest BCUT2D eigenvalue weighted by Crippen LogP contribution is -2.04. The summed E-state index contributed by atoms with van der Waals surface area (Å²) in [6, 6.07) is 6.51. The Bertz CT molecular complexity index is 733. The molecule has 0 aliphatic carbocycles. The number of aromatic amines is 1. The highest BCUT2D eigenvalue weighted by Gasteiger charge is 2.12. The Labute approximate surface area is 125 Å². The van der Waals surface area contributed by atoms with Crippen LogP contribution in [0.5, 0.6) is 5.75 Å². The highest BCUT2D eigenvalue weighted by atomic mass is 16.5. The summed E-state index contributed by atoms with van der Waals surface area (Å²) >= 11 is 0. The van der Waals surface area contributed by atoms with Crippen LogP contribution in [0.2, 0.25) is 0 Å². The third-order valence-corrected chi connectivity index (χ3v) is 2.60. The van der Waals surface area contributed by atoms with E-state index in [1.807, 2.05) is 6.07 Å². The average molecular weight is 300 g/mol. The zero-order chi connectivity index (χ0) is 15.9. The molecule has 3 N–H and O–H groups in total. The van der Waals surface area contributed by atoms with E-state index in [-0.39, 0.29) is 22.7 Å². The van der Waals surface area contributed by atoms with Crippen LogP contribution >= 0.6 is 0 Å². The second-order valence-electron chi connectivity index (χ2n) is 4.00. The van der Waals surface area contributed by atoms with E-state index in [1.54, 1.807) is 19.1 Å². The van der Waals surface area contributed by atoms with Crippen molar-refractivity contribution in [2.24, 2.45) is 0 Å². The van der Waals surface area contributed by atoms with Gasteiger partial charge < -0.3 is 15.2 Å². The van der Waals surface area contributed by atoms with Crippen molar-refractivity contribution in [3.63, 3.8) is 0 Å². The third-order valence-electron chi connectivity index (χ3n) is 2.60. The number of tetrazole rings is 1. The molecular formula is C13H12N6O3. The van der Waals surface area contributed by atoms with Crippen LogP contribution in [0, 0.1) is 11.3 Å². The largest absolute Gasteiger partial charge is 0.493 e. The first-order valence-corrected chi connectivity index (χ1v) is 6.26. The van der Waals surface area contributed by atoms with Crippen LogP contribution in [0.1, 0.15) is 23.1 Å². The molecule has 0 aliphatic heterocycles. The van der Waals surface area contributed by atoms with E-state index in [1.165, 1.54) is 12.3 Å². The SMILES string of the molecule is CCOc1ccc(NC=C(C#N)c2nn[nH]n2)cc1C(=O)O. The van der Waals surface area contributed by atoms with E-state index in [4.69, 9.17) is 10.00 Å². The Hall–Kier alpha value is -3.41. The normalized spacial score (nSPS) is 10.8. The number of nitriles is 1. The van der Waals surface area contributed by atoms with Crippen molar-refractivity contribution in [2.45, 2.75) is 6.92 Å². The van der Waals surface area contributed by atoms with Crippen molar-refractivity contribution in [1.82, 2.24) is 20.6 Å². The van der Waals surface area contributed by atoms with E-state index in [2.05, 4.69) is 25.9 Å². The van der Waals surface area contributed by atoms with Gasteiger partial charge in [-0.25, -0.2) is 4.79 Å². The van der Waals surface area contributed by atoms with Crippen LogP contribution in [-0.2, 0) is 0 Å². The minimum atomic E-state index is -1.10. The van der Waals surface area contributed by atoms with Crippen molar-refractivity contribution < 1.29 is 14.6 Å². The Balaban J connectivity index is 2.25. The van der Waals surface area contributed by atoms with Crippen molar-refractivity contribution in [3.8, 4) is 11.8 Å². The molecule has 0 saturated carbocycles. The van der Waals surface area contributed by atoms with Crippen molar-refractivity contribution in [2.75, 3.05) is 11.9 Å². The topological polar surface area (TPSA) is 137 Å². The lowest BCUT2D eigenvalue weighted by Gasteiger charge is -2.09. The van der Waals surface area contributed by atoms with E-state index >= 15 is 0 Å². The van der Waals surface area contributed by atoms with Gasteiger partial charge in [0.2, 0.25) is 5.82 Å². The number of ether oxygens (including phenoxy) is 1. The smallest absolute Gasteiger partial charge is 0.339 e. The quantitative estimate of drug-likeness (QED) is 0.678. The molecule has 2 rings (SSSR count). The number of nitrogens with one attached hydrogen (secondary N) is 2. The van der Waals surface area contributed by atoms with Crippen LogP contribution < -0.4 is 10.1 Å². The van der Waals surface area contributed by atoms with Gasteiger partial charge in [0, 0.05) is 11.9 Å². The third kappa shape index (κ3) is 3.37. The average Bonchev–Trinajstić information content (AvgIpc) is 3.03. The molecule has 0 radical (unpaired) electrons. The van der Waals surface area contributed by atoms with Crippen molar-refractivity contribution in [3.05, 3.63) is 35.8 Å². The van der Waals surface area contributed by atoms with E-state index < -0.39 is 5.97 Å². The maximum Gasteiger partial charge on any atom is 0.339 e. The number of nitrogens with zero attached hydrogens (tertiary/aromatic N) is 4. The molecule has 1 heterocycles. The first-order chi connectivity index (χ1) is 10.7. The zero-order valence-corrected chi connectivity index (χ0v) is 11.6. The summed E-state index contributed by atoms with van der Waals surface area (Å²) in [5.41, 5.74) is 0.662. The van der Waals surface area contributed by atoms with Crippen molar-refractivity contribution >= 4 is 17.2 Å². The highest BCUT2D eigenvalue weighted by molar-refractivity contribution is 5.92. The fourth-order valence-corrected chi connectivity index (χ4v) is 1.65. The minimum Gasteiger partial charge on any atom is -0.493 e. The van der Waals surface area contributed by atoms with Gasteiger partial charge in [-0.05, 0) is 30.3 Å². The Morgan fingerprint density at radius 3 is 3.00 bits per heavy atom. The van der Waals surface area contributed by atoms with E-state index in [0.29, 0.717) is 12.3 Å². The fourth-order valence-electron chi connectivity index (χ4n) is 1.65. The first kappa shape index (κ1) is 15.0. The number of carbonyl (C=O) groups is 1. The number of allylic oxidation sites excluding steroid dienone is 1. The Kier molecular flexibility index (Phi) is 4.66. The maximum atomic E-state index is 11.2. The fraction of sp³-hybridized carbons (Fsp3) is 0.154. The summed E-state index contributed by atoms with van der Waals surface area (Å²) in [6.07, 6.45) is 1.37. The molecule has 1 aromatic carbocycles. The van der Waals surface area contributed by atoms with Gasteiger partial charge in [-0.2, -0.15) is 10.5 Å². The molecule has 22 heavy (non-hydrogen) atoms. The van der Waals surface area contributed by atoms with Gasteiger partial charge in [-0.15, -0.1) is 10.2 Å². The Morgan fingerprint density at radius 1 is 1.59 bits per heavy atom. The van der Waals surface area contributed by atoms with Gasteiger partial charge in [-0.1, -0.05) is 0 Å². The molecule has 0 aliphatic rings. The standard InChI is InChI=1S/C13H12N6O3/c1-2-22-11-4-3-9(5-10(11)13(20)21)15-7-8(6-14)12-16-18-19-17-12/h3-5,7,15H,2H2,1H3,(H,20,21)(H,16,17,18,19). The lowest BCUT2D eigenvalue weighted by atomic mass is 10.1. The molecule has 2 aromatic rings. The number of carboxylic acids is 1. The molecule has 0 spiro atoms. The number of aromatic nitrogens is 4. The van der Waals surface area contributed by atoms with Gasteiger partial charge in [0.15, 0.2) is 0 Å². The number of benzene rings is 1. The molecule has 1 aromatic heterocycles. The van der Waals surface area contributed by atoms with E-state index in [9.17, 15) is 9.90 Å². The molecule has 112 valence electrons. The van der Waals surface area contributed by atoms with E-state index in [0.717, 1.165) is 0 Å². The molecule has 0 saturated heterocycles. The monoisotopic (exact) mass is 300 g/mol. The maximum absolute atomic E-state index is 11.2. The lowest BCUT2D eigenvalue weighted by molar-refractivity contribution is 0.0692. The summed E-state index contributed by atoms with van der Waals surface area (Å²) in [5.74, 6) is -0.683. The number of H-pyrrole nitrogens is 1. The molecule has 0 bridgehead atoms. The van der Waals surface area contributed by atoms with Gasteiger partial charge in [0.25, 0.3) is 0 Å². The minimum absolute atomic E-state index is 0.0262. The van der Waals surface area contributed by atoms with Gasteiger partial charge in [-0.3, -0.25) is 0 Å². The summed E-state index contributed by atoms with van der Waals surface area (Å²) < 4.78 is 5.25. The predicted molar refractivity (Wildman–Crippen MR) is 76.0 cm³/mol. The van der Waals surface area contributed by atoms with Gasteiger partial charge >= 0.3 is 5.97 Å². The van der Waals surface area contributed by atoms with Crippen LogP contribution in [0.3, 0.4) is 0 Å². The Morgan fingerprint density at radius 2 is 2.41 bits per heavy atom. The summed E-state index contributed by atoms with van der Waals surface area (Å²) in [6.45, 7) is 2.13. The number of hydrogen-bond donors (Lipinski definition) is 3. The summed E-state index contributed by atoms with van der Waals surface area (Å²) in [4.78, 5) is 11.2. The molecule has 9 nitrogen and oxygen atoms in total. The number of aromatic carboxylic acids is 1. The first-order valence-electron chi connectivity index (χ1n) is 6.26. The molecular weight excluding hydrogens is 288 g/mol. The van der Waals surface area contributed by atoms with Gasteiger partial charge in [0.05, 0.1) is 6.61 Å². The van der Waals surface area contributed by atoms with Crippen molar-refractivity contribution in [1.29, 1.82) is 5.26 Å². The molecule has 0 amide bonds. The number of rotatable bonds is 6. The van der Waals surface area contributed by atoms with Crippen LogP contribution in [0.15, 0.2) is 24.4 Å². The molecule has 9 heteroatoms. The summed E-state index contributed by atoms with van der Waals surface area (Å²) in [7, 11) is 0. The molecule has 0 fully saturated rings. The number of carboxylic acid groups (broad SMARTS) is 1. The second kappa shape index (κ2) is 6.85. The number of anilines is 1. The molecule has 0 atom stereocenters. The number of hydrogen-bond acceptors (Lipinski definition) is 7. The predicted octanol–water partition coefficient (Wildman–Crippen LogP) is 1.27. The van der Waals surface area contributed by atoms with Crippen LogP contribution in [-0.4, -0.2) is 38.3 Å². The molecule has 0 unspecified atom stereocenters. The summed E-state index contributed by atoms with van der Waals surface area (Å²) in [5, 5.41) is 34.0. The highest BCUT2D eigenvalue weighted by Crippen LogP contribution is 2.23.